The van der Waals surface area contributed by atoms with Gasteiger partial charge in [-0.15, -0.1) is 0 Å². The van der Waals surface area contributed by atoms with Gasteiger partial charge in [0.2, 0.25) is 0 Å². The van der Waals surface area contributed by atoms with Crippen molar-refractivity contribution < 1.29 is 69.3 Å². The van der Waals surface area contributed by atoms with Crippen LogP contribution in [0.15, 0.2) is 4.99 Å². The third kappa shape index (κ3) is 59.1. The molecule has 0 spiro atoms. The number of nitrogens with zero attached hydrogens (tertiary/aromatic N) is 1. The molecule has 1 fully saturated rings. The van der Waals surface area contributed by atoms with Crippen molar-refractivity contribution in [2.75, 3.05) is 39.3 Å². The third-order valence-corrected chi connectivity index (χ3v) is 8.79. The van der Waals surface area contributed by atoms with Crippen LogP contribution in [0.5, 0.6) is 0 Å². The molecule has 1 aliphatic rings. The summed E-state index contributed by atoms with van der Waals surface area (Å²) in [6.45, 7) is 7.25. The average Bonchev–Trinajstić information content (AvgIpc) is 3.82. The van der Waals surface area contributed by atoms with E-state index in [0.29, 0.717) is 71.2 Å². The van der Waals surface area contributed by atoms with E-state index in [9.17, 15) is 33.6 Å². The molecular weight excluding hydrogens is 901 g/mol. The molecule has 0 saturated carbocycles. The Morgan fingerprint density at radius 2 is 0.765 bits per heavy atom. The summed E-state index contributed by atoms with van der Waals surface area (Å²) in [5.74, 6) is -6.35. The lowest BCUT2D eigenvalue weighted by atomic mass is 10.1. The van der Waals surface area contributed by atoms with Gasteiger partial charge in [0.05, 0.1) is 0 Å². The maximum Gasteiger partial charge on any atom is 0.320 e. The van der Waals surface area contributed by atoms with E-state index in [1.807, 2.05) is 0 Å². The van der Waals surface area contributed by atoms with Crippen LogP contribution in [0.25, 0.3) is 0 Å². The van der Waals surface area contributed by atoms with Gasteiger partial charge in [0.1, 0.15) is 42.3 Å². The van der Waals surface area contributed by atoms with Gasteiger partial charge in [-0.2, -0.15) is 0 Å². The van der Waals surface area contributed by atoms with Gasteiger partial charge < -0.3 is 110 Å². The molecular formula is C40H90N14O14. The highest BCUT2D eigenvalue weighted by Gasteiger charge is 2.20. The molecule has 1 aliphatic heterocycles. The van der Waals surface area contributed by atoms with Gasteiger partial charge in [-0.25, -0.2) is 0 Å². The molecule has 7 atom stereocenters. The summed E-state index contributed by atoms with van der Waals surface area (Å²) in [7, 11) is 0. The van der Waals surface area contributed by atoms with Gasteiger partial charge in [0.15, 0.2) is 5.96 Å². The van der Waals surface area contributed by atoms with E-state index in [4.69, 9.17) is 105 Å². The number of aliphatic imine (C=N–C) groups is 1. The first kappa shape index (κ1) is 74.7. The van der Waals surface area contributed by atoms with Crippen molar-refractivity contribution in [3.63, 3.8) is 0 Å². The van der Waals surface area contributed by atoms with E-state index in [1.165, 1.54) is 0 Å². The highest BCUT2D eigenvalue weighted by atomic mass is 16.4. The number of unbranched alkanes of at least 4 members (excludes halogenated alkanes) is 4. The van der Waals surface area contributed by atoms with Crippen LogP contribution in [0.1, 0.15) is 117 Å². The number of aliphatic carboxylic acids is 7. The van der Waals surface area contributed by atoms with Crippen LogP contribution in [0.4, 0.5) is 0 Å². The topological polar surface area (TPSA) is 598 Å². The Balaban J connectivity index is -0.000000165. The van der Waals surface area contributed by atoms with Gasteiger partial charge in [-0.3, -0.25) is 38.6 Å². The van der Waals surface area contributed by atoms with Crippen molar-refractivity contribution in [3.05, 3.63) is 0 Å². The predicted molar refractivity (Wildman–Crippen MR) is 259 cm³/mol. The van der Waals surface area contributed by atoms with Crippen LogP contribution in [-0.4, -0.2) is 165 Å². The molecule has 1 saturated heterocycles. The zero-order valence-corrected chi connectivity index (χ0v) is 40.0. The predicted octanol–water partition coefficient (Wildman–Crippen LogP) is -3.56. The summed E-state index contributed by atoms with van der Waals surface area (Å²) >= 11 is 0. The highest BCUT2D eigenvalue weighted by molar-refractivity contribution is 5.76. The maximum atomic E-state index is 10.2. The maximum absolute atomic E-state index is 10.2. The first-order valence-electron chi connectivity index (χ1n) is 22.3. The SMILES string of the molecule is CC(C)[C@H](N)C(=O)O.NC(N)=NCCC[C@H](N)C(=O)O.NCCCC[C@H](N)C(=O)O.NCCCC[C@H](N)C(=O)O.NCCCC[C@H](N)C(=O)O.NCCCC[C@H](N)C(=O)O.O=C(O)[C@@H]1CCCN1. The number of carbonyl (C=O) groups is 7. The lowest BCUT2D eigenvalue weighted by Crippen LogP contribution is -2.34. The largest absolute Gasteiger partial charge is 0.480 e. The van der Waals surface area contributed by atoms with E-state index in [0.717, 1.165) is 70.8 Å². The fourth-order valence-corrected chi connectivity index (χ4v) is 4.35. The van der Waals surface area contributed by atoms with Crippen molar-refractivity contribution >= 4 is 47.7 Å². The second-order valence-electron chi connectivity index (χ2n) is 15.4. The molecule has 0 aromatic heterocycles. The standard InChI is InChI=1S/C6H14N4O2.4C6H14N2O2.C5H9NO2.C5H11NO2/c7-4(5(11)12)2-1-3-10-6(8)9;4*7-4-2-1-3-5(8)6(9)10;7-5(8)4-2-1-3-6-4;1-3(2)4(6)5(7)8/h4H,1-3,7H2,(H,11,12)(H4,8,9,10);4*5H,1-4,7-8H2,(H,9,10);4,6H,1-3H2,(H,7,8);3-4H,6H2,1-2H3,(H,7,8)/t4-;4*5-;2*4-/m0000000/s1. The number of carboxylic acids is 7. The monoisotopic (exact) mass is 991 g/mol. The average molecular weight is 991 g/mol. The second-order valence-corrected chi connectivity index (χ2v) is 15.4. The van der Waals surface area contributed by atoms with Crippen LogP contribution >= 0.6 is 0 Å². The van der Waals surface area contributed by atoms with E-state index in [-0.39, 0.29) is 17.9 Å². The number of hydrogen-bond acceptors (Lipinski definition) is 19. The first-order chi connectivity index (χ1) is 31.6. The van der Waals surface area contributed by atoms with Crippen molar-refractivity contribution in [2.24, 2.45) is 79.7 Å². The first-order valence-corrected chi connectivity index (χ1v) is 22.3. The molecule has 28 heteroatoms. The van der Waals surface area contributed by atoms with E-state index in [2.05, 4.69) is 10.3 Å². The molecule has 0 bridgehead atoms. The van der Waals surface area contributed by atoms with E-state index >= 15 is 0 Å². The Morgan fingerprint density at radius 3 is 0.912 bits per heavy atom. The Kier molecular flexibility index (Phi) is 56.6. The Bertz CT molecular complexity index is 1210. The third-order valence-electron chi connectivity index (χ3n) is 8.79. The van der Waals surface area contributed by atoms with Crippen molar-refractivity contribution in [2.45, 2.75) is 159 Å². The summed E-state index contributed by atoms with van der Waals surface area (Å²) in [4.78, 5) is 74.6. The van der Waals surface area contributed by atoms with Crippen LogP contribution in [0, 0.1) is 5.92 Å². The molecule has 404 valence electrons. The summed E-state index contributed by atoms with van der Waals surface area (Å²) in [5.41, 5.74) is 62.2. The molecule has 0 aliphatic carbocycles. The lowest BCUT2D eigenvalue weighted by molar-refractivity contribution is -0.140. The molecule has 1 rings (SSSR count). The zero-order chi connectivity index (χ0) is 54.2. The van der Waals surface area contributed by atoms with E-state index < -0.39 is 78.0 Å². The van der Waals surface area contributed by atoms with Crippen LogP contribution in [-0.2, 0) is 33.6 Å². The second kappa shape index (κ2) is 51.5. The smallest absolute Gasteiger partial charge is 0.320 e. The molecule has 28 nitrogen and oxygen atoms in total. The molecule has 68 heavy (non-hydrogen) atoms. The zero-order valence-electron chi connectivity index (χ0n) is 40.0. The normalized spacial score (nSPS) is 14.8. The van der Waals surface area contributed by atoms with Gasteiger partial charge in [0, 0.05) is 6.54 Å². The number of carboxylic acid groups (broad SMARTS) is 7. The lowest BCUT2D eigenvalue weighted by Gasteiger charge is -2.07. The van der Waals surface area contributed by atoms with Crippen molar-refractivity contribution in [1.82, 2.24) is 5.32 Å². The Labute approximate surface area is 399 Å². The summed E-state index contributed by atoms with van der Waals surface area (Å²) in [6, 6.07) is -4.67. The minimum Gasteiger partial charge on any atom is -0.480 e. The summed E-state index contributed by atoms with van der Waals surface area (Å²) in [6.07, 6.45) is 11.4. The van der Waals surface area contributed by atoms with Gasteiger partial charge in [-0.1, -0.05) is 39.5 Å². The van der Waals surface area contributed by atoms with Crippen molar-refractivity contribution in [3.8, 4) is 0 Å². The molecule has 0 unspecified atom stereocenters. The van der Waals surface area contributed by atoms with Gasteiger partial charge in [0.25, 0.3) is 0 Å². The molecule has 0 amide bonds. The molecule has 0 radical (unpaired) electrons. The number of rotatable bonds is 28. The molecule has 32 N–H and O–H groups in total. The minimum atomic E-state index is -1.00. The Morgan fingerprint density at radius 1 is 0.485 bits per heavy atom. The van der Waals surface area contributed by atoms with Gasteiger partial charge >= 0.3 is 41.8 Å². The molecule has 0 aromatic rings. The molecule has 1 heterocycles. The van der Waals surface area contributed by atoms with Crippen LogP contribution < -0.4 is 74.1 Å². The quantitative estimate of drug-likeness (QED) is 0.0205. The number of nitrogens with one attached hydrogen (secondary N) is 1. The summed E-state index contributed by atoms with van der Waals surface area (Å²) in [5, 5.41) is 61.1. The van der Waals surface area contributed by atoms with Crippen molar-refractivity contribution in [1.29, 1.82) is 0 Å². The number of nitrogens with two attached hydrogens (primary N) is 12. The fraction of sp³-hybridized carbons (Fsp3) is 0.800. The molecule has 0 aromatic carbocycles. The summed E-state index contributed by atoms with van der Waals surface area (Å²) < 4.78 is 0. The Hall–Kier alpha value is -4.88. The number of hydrogen-bond donors (Lipinski definition) is 20. The highest BCUT2D eigenvalue weighted by Crippen LogP contribution is 2.04. The number of guanidine groups is 1. The fourth-order valence-electron chi connectivity index (χ4n) is 4.35. The minimum absolute atomic E-state index is 0.0129. The van der Waals surface area contributed by atoms with E-state index in [1.54, 1.807) is 13.8 Å². The van der Waals surface area contributed by atoms with Gasteiger partial charge in [-0.05, 0) is 116 Å². The van der Waals surface area contributed by atoms with Crippen LogP contribution in [0.3, 0.4) is 0 Å². The van der Waals surface area contributed by atoms with Crippen LogP contribution in [0.2, 0.25) is 0 Å².